The van der Waals surface area contributed by atoms with Crippen LogP contribution in [0.25, 0.3) is 0 Å². The van der Waals surface area contributed by atoms with Gasteiger partial charge < -0.3 is 15.0 Å². The Morgan fingerprint density at radius 2 is 1.68 bits per heavy atom. The Labute approximate surface area is 249 Å². The van der Waals surface area contributed by atoms with Gasteiger partial charge in [0.2, 0.25) is 11.8 Å². The van der Waals surface area contributed by atoms with E-state index < -0.39 is 28.5 Å². The summed E-state index contributed by atoms with van der Waals surface area (Å²) >= 11 is 9.51. The van der Waals surface area contributed by atoms with Crippen LogP contribution in [0.1, 0.15) is 32.8 Å². The smallest absolute Gasteiger partial charge is 0.264 e. The third-order valence-corrected chi connectivity index (χ3v) is 8.98. The van der Waals surface area contributed by atoms with Crippen LogP contribution in [0.15, 0.2) is 82.2 Å². The Bertz CT molecular complexity index is 1420. The molecule has 0 aliphatic heterocycles. The molecule has 0 unspecified atom stereocenters. The minimum atomic E-state index is -4.19. The monoisotopic (exact) mass is 649 g/mol. The molecule has 1 N–H and O–H groups in total. The maximum absolute atomic E-state index is 13.9. The second kappa shape index (κ2) is 14.0. The zero-order valence-electron chi connectivity index (χ0n) is 22.8. The molecule has 0 aliphatic rings. The minimum Gasteiger partial charge on any atom is -0.497 e. The predicted octanol–water partition coefficient (Wildman–Crippen LogP) is 5.64. The van der Waals surface area contributed by atoms with E-state index in [1.54, 1.807) is 19.1 Å². The minimum absolute atomic E-state index is 0.0165. The SMILES string of the molecule is CC[C@H](C)NC(=O)[C@H](C)N(Cc1cccc(Br)c1)C(=O)CN(c1ccc(Cl)cc1)S(=O)(=O)c1ccc(OC)cc1. The van der Waals surface area contributed by atoms with Gasteiger partial charge in [-0.05, 0) is 86.5 Å². The second-order valence-electron chi connectivity index (χ2n) is 9.31. The Morgan fingerprint density at radius 3 is 2.25 bits per heavy atom. The van der Waals surface area contributed by atoms with Crippen LogP contribution in [-0.2, 0) is 26.2 Å². The number of hydrogen-bond donors (Lipinski definition) is 1. The van der Waals surface area contributed by atoms with Gasteiger partial charge in [-0.15, -0.1) is 0 Å². The lowest BCUT2D eigenvalue weighted by Crippen LogP contribution is -2.52. The van der Waals surface area contributed by atoms with Gasteiger partial charge in [0, 0.05) is 22.1 Å². The van der Waals surface area contributed by atoms with E-state index in [1.807, 2.05) is 38.1 Å². The van der Waals surface area contributed by atoms with Crippen LogP contribution in [0, 0.1) is 0 Å². The van der Waals surface area contributed by atoms with E-state index in [0.29, 0.717) is 10.8 Å². The molecular formula is C29H33BrClN3O5S. The number of rotatable bonds is 12. The fourth-order valence-corrected chi connectivity index (χ4v) is 5.88. The maximum Gasteiger partial charge on any atom is 0.264 e. The van der Waals surface area contributed by atoms with Gasteiger partial charge in [0.05, 0.1) is 17.7 Å². The van der Waals surface area contributed by atoms with Crippen LogP contribution in [0.2, 0.25) is 5.02 Å². The van der Waals surface area contributed by atoms with Gasteiger partial charge in [0.1, 0.15) is 18.3 Å². The van der Waals surface area contributed by atoms with Crippen molar-refractivity contribution in [3.63, 3.8) is 0 Å². The highest BCUT2D eigenvalue weighted by atomic mass is 79.9. The summed E-state index contributed by atoms with van der Waals surface area (Å²) in [7, 11) is -2.70. The summed E-state index contributed by atoms with van der Waals surface area (Å²) in [5.74, 6) is -0.373. The number of sulfonamides is 1. The Kier molecular flexibility index (Phi) is 11.0. The lowest BCUT2D eigenvalue weighted by atomic mass is 10.1. The van der Waals surface area contributed by atoms with Crippen LogP contribution in [0.4, 0.5) is 5.69 Å². The first kappa shape index (κ1) is 31.4. The van der Waals surface area contributed by atoms with E-state index in [2.05, 4.69) is 21.2 Å². The number of ether oxygens (including phenoxy) is 1. The Morgan fingerprint density at radius 1 is 1.02 bits per heavy atom. The van der Waals surface area contributed by atoms with Crippen LogP contribution >= 0.6 is 27.5 Å². The van der Waals surface area contributed by atoms with E-state index in [0.717, 1.165) is 20.8 Å². The zero-order valence-corrected chi connectivity index (χ0v) is 26.0. The number of amides is 2. The zero-order chi connectivity index (χ0) is 29.4. The van der Waals surface area contributed by atoms with Crippen molar-refractivity contribution in [2.24, 2.45) is 0 Å². The molecule has 0 radical (unpaired) electrons. The number of carbonyl (C=O) groups excluding carboxylic acids is 2. The first-order valence-corrected chi connectivity index (χ1v) is 15.3. The van der Waals surface area contributed by atoms with Crippen molar-refractivity contribution >= 4 is 55.1 Å². The van der Waals surface area contributed by atoms with E-state index in [9.17, 15) is 18.0 Å². The average molecular weight is 651 g/mol. The lowest BCUT2D eigenvalue weighted by molar-refractivity contribution is -0.139. The summed E-state index contributed by atoms with van der Waals surface area (Å²) < 4.78 is 34.7. The number of methoxy groups -OCH3 is 1. The van der Waals surface area contributed by atoms with Crippen LogP contribution < -0.4 is 14.4 Å². The molecule has 214 valence electrons. The van der Waals surface area contributed by atoms with Crippen LogP contribution in [0.5, 0.6) is 5.75 Å². The molecule has 2 atom stereocenters. The molecule has 11 heteroatoms. The Hall–Kier alpha value is -3.08. The van der Waals surface area contributed by atoms with Crippen LogP contribution in [0.3, 0.4) is 0 Å². The quantitative estimate of drug-likeness (QED) is 0.274. The van der Waals surface area contributed by atoms with E-state index in [4.69, 9.17) is 16.3 Å². The molecule has 8 nitrogen and oxygen atoms in total. The summed E-state index contributed by atoms with van der Waals surface area (Å²) in [4.78, 5) is 28.4. The summed E-state index contributed by atoms with van der Waals surface area (Å²) in [6.45, 7) is 5.04. The van der Waals surface area contributed by atoms with Gasteiger partial charge in [-0.1, -0.05) is 46.6 Å². The molecular weight excluding hydrogens is 618 g/mol. The predicted molar refractivity (Wildman–Crippen MR) is 161 cm³/mol. The standard InChI is InChI=1S/C29H33BrClN3O5S/c1-5-20(2)32-29(36)21(3)33(18-22-7-6-8-23(30)17-22)28(35)19-34(25-11-9-24(31)10-12-25)40(37,38)27-15-13-26(39-4)14-16-27/h6-17,20-21H,5,18-19H2,1-4H3,(H,32,36)/t20-,21-/m0/s1. The molecule has 0 bridgehead atoms. The first-order valence-electron chi connectivity index (χ1n) is 12.7. The summed E-state index contributed by atoms with van der Waals surface area (Å²) in [5, 5.41) is 3.34. The lowest BCUT2D eigenvalue weighted by Gasteiger charge is -2.32. The fourth-order valence-electron chi connectivity index (χ4n) is 3.89. The van der Waals surface area contributed by atoms with Crippen molar-refractivity contribution in [2.45, 2.75) is 50.7 Å². The number of nitrogens with one attached hydrogen (secondary N) is 1. The number of hydrogen-bond acceptors (Lipinski definition) is 5. The second-order valence-corrected chi connectivity index (χ2v) is 12.5. The van der Waals surface area contributed by atoms with Gasteiger partial charge >= 0.3 is 0 Å². The molecule has 2 amide bonds. The highest BCUT2D eigenvalue weighted by molar-refractivity contribution is 9.10. The normalized spacial score (nSPS) is 12.8. The van der Waals surface area contributed by atoms with E-state index >= 15 is 0 Å². The van der Waals surface area contributed by atoms with Crippen LogP contribution in [-0.4, -0.2) is 50.9 Å². The number of nitrogens with zero attached hydrogens (tertiary/aromatic N) is 2. The van der Waals surface area contributed by atoms with Crippen molar-refractivity contribution < 1.29 is 22.7 Å². The third kappa shape index (κ3) is 7.99. The molecule has 3 rings (SSSR count). The highest BCUT2D eigenvalue weighted by Gasteiger charge is 2.32. The number of anilines is 1. The molecule has 0 saturated heterocycles. The molecule has 0 aromatic heterocycles. The number of carbonyl (C=O) groups is 2. The molecule has 0 fully saturated rings. The number of benzene rings is 3. The fraction of sp³-hybridized carbons (Fsp3) is 0.310. The third-order valence-electron chi connectivity index (χ3n) is 6.45. The largest absolute Gasteiger partial charge is 0.497 e. The Balaban J connectivity index is 2.02. The van der Waals surface area contributed by atoms with Crippen molar-refractivity contribution in [1.82, 2.24) is 10.2 Å². The molecule has 0 saturated carbocycles. The van der Waals surface area contributed by atoms with Crippen molar-refractivity contribution in [2.75, 3.05) is 18.0 Å². The molecule has 0 spiro atoms. The molecule has 3 aromatic carbocycles. The molecule has 0 aliphatic carbocycles. The summed E-state index contributed by atoms with van der Waals surface area (Å²) in [6.07, 6.45) is 0.725. The van der Waals surface area contributed by atoms with E-state index in [1.165, 1.54) is 48.4 Å². The highest BCUT2D eigenvalue weighted by Crippen LogP contribution is 2.27. The summed E-state index contributed by atoms with van der Waals surface area (Å²) in [6, 6.07) is 18.5. The van der Waals surface area contributed by atoms with Gasteiger partial charge in [-0.3, -0.25) is 13.9 Å². The van der Waals surface area contributed by atoms with Crippen molar-refractivity contribution in [3.8, 4) is 5.75 Å². The topological polar surface area (TPSA) is 96.0 Å². The van der Waals surface area contributed by atoms with Crippen molar-refractivity contribution in [3.05, 3.63) is 87.9 Å². The van der Waals surface area contributed by atoms with Gasteiger partial charge in [-0.2, -0.15) is 0 Å². The molecule has 3 aromatic rings. The van der Waals surface area contributed by atoms with Gasteiger partial charge in [0.25, 0.3) is 10.0 Å². The van der Waals surface area contributed by atoms with Gasteiger partial charge in [-0.25, -0.2) is 8.42 Å². The van der Waals surface area contributed by atoms with Gasteiger partial charge in [0.15, 0.2) is 0 Å². The molecule has 40 heavy (non-hydrogen) atoms. The maximum atomic E-state index is 13.9. The molecule has 0 heterocycles. The van der Waals surface area contributed by atoms with E-state index in [-0.39, 0.29) is 29.1 Å². The summed E-state index contributed by atoms with van der Waals surface area (Å²) in [5.41, 5.74) is 1.04. The van der Waals surface area contributed by atoms with Crippen molar-refractivity contribution in [1.29, 1.82) is 0 Å². The number of halogens is 2. The average Bonchev–Trinajstić information content (AvgIpc) is 2.94. The first-order chi connectivity index (χ1) is 19.0.